The van der Waals surface area contributed by atoms with Gasteiger partial charge in [0.15, 0.2) is 0 Å². The van der Waals surface area contributed by atoms with Crippen molar-refractivity contribution in [1.82, 2.24) is 0 Å². The van der Waals surface area contributed by atoms with Crippen molar-refractivity contribution in [1.29, 1.82) is 0 Å². The third-order valence-corrected chi connectivity index (χ3v) is 7.66. The maximum absolute atomic E-state index is 9.51. The second kappa shape index (κ2) is 4.19. The summed E-state index contributed by atoms with van der Waals surface area (Å²) in [6, 6.07) is 8.59. The fourth-order valence-electron chi connectivity index (χ4n) is 2.34. The molecule has 0 bridgehead atoms. The van der Waals surface area contributed by atoms with Gasteiger partial charge < -0.3 is 5.11 Å². The summed E-state index contributed by atoms with van der Waals surface area (Å²) >= 11 is 0. The van der Waals surface area contributed by atoms with Gasteiger partial charge in [-0.2, -0.15) is 0 Å². The molecule has 16 heavy (non-hydrogen) atoms. The molecule has 0 saturated carbocycles. The Morgan fingerprint density at radius 3 is 2.69 bits per heavy atom. The van der Waals surface area contributed by atoms with Gasteiger partial charge in [-0.25, -0.2) is 0 Å². The van der Waals surface area contributed by atoms with Crippen LogP contribution in [-0.2, 0) is 0 Å². The van der Waals surface area contributed by atoms with Gasteiger partial charge in [-0.05, 0) is 16.7 Å². The Bertz CT molecular complexity index is 409. The summed E-state index contributed by atoms with van der Waals surface area (Å²) in [6.45, 7) is 6.83. The zero-order valence-electron chi connectivity index (χ0n) is 10.3. The van der Waals surface area contributed by atoms with Gasteiger partial charge >= 0.3 is 0 Å². The lowest BCUT2D eigenvalue weighted by atomic mass is 9.98. The van der Waals surface area contributed by atoms with Gasteiger partial charge in [-0.3, -0.25) is 0 Å². The molecule has 1 aliphatic rings. The fourth-order valence-corrected chi connectivity index (χ4v) is 3.89. The summed E-state index contributed by atoms with van der Waals surface area (Å²) in [7, 11) is -1.51. The van der Waals surface area contributed by atoms with Crippen LogP contribution in [0.1, 0.15) is 24.0 Å². The fraction of sp³-hybridized carbons (Fsp3) is 0.429. The molecular weight excluding hydrogens is 212 g/mol. The number of aliphatic hydroxyl groups is 1. The molecule has 2 rings (SSSR count). The molecule has 0 aliphatic heterocycles. The number of aliphatic hydroxyl groups excluding tert-OH is 1. The van der Waals surface area contributed by atoms with Gasteiger partial charge in [0.2, 0.25) is 0 Å². The van der Waals surface area contributed by atoms with E-state index in [0.29, 0.717) is 17.7 Å². The Morgan fingerprint density at radius 2 is 2.00 bits per heavy atom. The van der Waals surface area contributed by atoms with E-state index >= 15 is 0 Å². The van der Waals surface area contributed by atoms with E-state index in [1.165, 1.54) is 11.1 Å². The summed E-state index contributed by atoms with van der Waals surface area (Å²) in [5.41, 5.74) is 3.36. The normalized spacial score (nSPS) is 20.9. The third-order valence-electron chi connectivity index (χ3n) is 4.02. The molecule has 0 aromatic heterocycles. The lowest BCUT2D eigenvalue weighted by Gasteiger charge is -2.32. The van der Waals surface area contributed by atoms with E-state index in [4.69, 9.17) is 0 Å². The highest BCUT2D eigenvalue weighted by Gasteiger charge is 2.35. The molecule has 0 saturated heterocycles. The number of rotatable bonds is 3. The van der Waals surface area contributed by atoms with Gasteiger partial charge in [0.1, 0.15) is 0 Å². The van der Waals surface area contributed by atoms with Crippen molar-refractivity contribution < 1.29 is 5.11 Å². The third kappa shape index (κ3) is 1.87. The molecule has 86 valence electrons. The van der Waals surface area contributed by atoms with Crippen molar-refractivity contribution in [3.05, 3.63) is 41.5 Å². The predicted octanol–water partition coefficient (Wildman–Crippen LogP) is 3.43. The molecule has 0 spiro atoms. The van der Waals surface area contributed by atoms with Crippen molar-refractivity contribution >= 4 is 14.1 Å². The zero-order chi connectivity index (χ0) is 11.8. The molecule has 0 fully saturated rings. The summed E-state index contributed by atoms with van der Waals surface area (Å²) < 4.78 is 0. The van der Waals surface area contributed by atoms with Crippen LogP contribution in [0.3, 0.4) is 0 Å². The molecule has 0 amide bonds. The first-order valence-corrected chi connectivity index (χ1v) is 9.22. The largest absolute Gasteiger partial charge is 0.400 e. The summed E-state index contributed by atoms with van der Waals surface area (Å²) in [4.78, 5) is 0. The van der Waals surface area contributed by atoms with E-state index < -0.39 is 8.07 Å². The maximum atomic E-state index is 9.51. The number of hydrogen-bond donors (Lipinski definition) is 1. The first-order chi connectivity index (χ1) is 7.56. The van der Waals surface area contributed by atoms with Crippen LogP contribution in [0.25, 0.3) is 6.08 Å². The minimum absolute atomic E-state index is 0.376. The highest BCUT2D eigenvalue weighted by molar-refractivity contribution is 6.78. The lowest BCUT2D eigenvalue weighted by Crippen LogP contribution is -2.38. The number of hydrogen-bond acceptors (Lipinski definition) is 1. The summed E-state index contributed by atoms with van der Waals surface area (Å²) in [6.07, 6.45) is 4.90. The predicted molar refractivity (Wildman–Crippen MR) is 72.2 cm³/mol. The van der Waals surface area contributed by atoms with Crippen LogP contribution in [0.4, 0.5) is 0 Å². The molecule has 1 nitrogen and oxygen atoms in total. The van der Waals surface area contributed by atoms with Gasteiger partial charge in [-0.15, -0.1) is 0 Å². The van der Waals surface area contributed by atoms with E-state index in [1.54, 1.807) is 0 Å². The first-order valence-electron chi connectivity index (χ1n) is 5.94. The number of benzene rings is 1. The molecule has 2 heteroatoms. The van der Waals surface area contributed by atoms with E-state index in [2.05, 4.69) is 56.4 Å². The quantitative estimate of drug-likeness (QED) is 0.792. The average molecular weight is 232 g/mol. The molecule has 0 heterocycles. The molecule has 0 radical (unpaired) electrons. The molecule has 2 atom stereocenters. The van der Waals surface area contributed by atoms with Gasteiger partial charge in [0.05, 0.1) is 8.07 Å². The van der Waals surface area contributed by atoms with Crippen molar-refractivity contribution in [2.45, 2.75) is 31.5 Å². The Kier molecular flexibility index (Phi) is 3.04. The Labute approximate surface area is 98.8 Å². The Balaban J connectivity index is 2.29. The van der Waals surface area contributed by atoms with Gasteiger partial charge in [-0.1, -0.05) is 56.4 Å². The Hall–Kier alpha value is -0.863. The highest BCUT2D eigenvalue weighted by Crippen LogP contribution is 2.42. The first kappa shape index (κ1) is 11.6. The second-order valence-corrected chi connectivity index (χ2v) is 10.7. The molecule has 1 aliphatic carbocycles. The smallest absolute Gasteiger partial charge is 0.0809 e. The van der Waals surface area contributed by atoms with Crippen LogP contribution < -0.4 is 0 Å². The van der Waals surface area contributed by atoms with Crippen LogP contribution in [0.5, 0.6) is 0 Å². The van der Waals surface area contributed by atoms with Gasteiger partial charge in [0, 0.05) is 12.1 Å². The molecule has 2 unspecified atom stereocenters. The van der Waals surface area contributed by atoms with Crippen molar-refractivity contribution in [3.8, 4) is 0 Å². The minimum Gasteiger partial charge on any atom is -0.400 e. The molecule has 1 aromatic rings. The summed E-state index contributed by atoms with van der Waals surface area (Å²) in [5, 5.41) is 9.51. The maximum Gasteiger partial charge on any atom is 0.0809 e. The lowest BCUT2D eigenvalue weighted by molar-refractivity contribution is 0.354. The van der Waals surface area contributed by atoms with E-state index in [1.807, 2.05) is 0 Å². The zero-order valence-corrected chi connectivity index (χ0v) is 11.3. The van der Waals surface area contributed by atoms with Crippen LogP contribution in [0.15, 0.2) is 30.3 Å². The highest BCUT2D eigenvalue weighted by atomic mass is 28.3. The van der Waals surface area contributed by atoms with Crippen LogP contribution in [-0.4, -0.2) is 19.4 Å². The topological polar surface area (TPSA) is 20.2 Å². The number of allylic oxidation sites excluding steroid dienone is 1. The Morgan fingerprint density at radius 1 is 1.31 bits per heavy atom. The van der Waals surface area contributed by atoms with Crippen LogP contribution >= 0.6 is 0 Å². The van der Waals surface area contributed by atoms with Crippen molar-refractivity contribution in [3.63, 3.8) is 0 Å². The van der Waals surface area contributed by atoms with Gasteiger partial charge in [0.25, 0.3) is 0 Å². The standard InChI is InChI=1S/C14H20OSi/c1-11(16(2,3)10-15)13-9-8-12-6-4-5-7-14(12)13/h4-9,11,13,15H,10H2,1-3H3. The van der Waals surface area contributed by atoms with Crippen molar-refractivity contribution in [2.24, 2.45) is 0 Å². The molecule has 1 N–H and O–H groups in total. The van der Waals surface area contributed by atoms with E-state index in [9.17, 15) is 5.11 Å². The van der Waals surface area contributed by atoms with Crippen LogP contribution in [0.2, 0.25) is 18.6 Å². The SMILES string of the molecule is CC(C1C=Cc2ccccc21)[Si](C)(C)CO. The molecule has 1 aromatic carbocycles. The second-order valence-electron chi connectivity index (χ2n) is 5.45. The molecular formula is C14H20OSi. The minimum atomic E-state index is -1.51. The average Bonchev–Trinajstić information content (AvgIpc) is 2.71. The van der Waals surface area contributed by atoms with E-state index in [-0.39, 0.29) is 0 Å². The summed E-state index contributed by atoms with van der Waals surface area (Å²) in [5.74, 6) is 0.505. The number of fused-ring (bicyclic) bond motifs is 1. The van der Waals surface area contributed by atoms with Crippen LogP contribution in [0, 0.1) is 0 Å². The monoisotopic (exact) mass is 232 g/mol. The van der Waals surface area contributed by atoms with E-state index in [0.717, 1.165) is 0 Å². The van der Waals surface area contributed by atoms with Crippen molar-refractivity contribution in [2.75, 3.05) is 6.23 Å².